The molecule has 0 aliphatic carbocycles. The van der Waals surface area contributed by atoms with Crippen molar-refractivity contribution in [1.82, 2.24) is 4.98 Å². The van der Waals surface area contributed by atoms with E-state index in [1.54, 1.807) is 24.3 Å². The van der Waals surface area contributed by atoms with Gasteiger partial charge in [0.1, 0.15) is 18.5 Å². The van der Waals surface area contributed by atoms with Crippen LogP contribution in [0.25, 0.3) is 10.9 Å². The standard InChI is InChI=1S/C12H13NO4/c14-6-8(15)7-17-11-3-1-2-10-9(11)4-5-12(16)13-10/h1-5,8,14-15H,6-7H2,(H,13,16). The summed E-state index contributed by atoms with van der Waals surface area (Å²) in [7, 11) is 0. The average Bonchev–Trinajstić information content (AvgIpc) is 2.35. The van der Waals surface area contributed by atoms with Crippen LogP contribution in [0.1, 0.15) is 0 Å². The first-order chi connectivity index (χ1) is 8.20. The molecule has 17 heavy (non-hydrogen) atoms. The van der Waals surface area contributed by atoms with Gasteiger partial charge in [-0.1, -0.05) is 6.07 Å². The van der Waals surface area contributed by atoms with Crippen LogP contribution in [0.15, 0.2) is 35.1 Å². The monoisotopic (exact) mass is 235 g/mol. The SMILES string of the molecule is O=c1ccc2c(OCC(O)CO)cccc2[nH]1. The Kier molecular flexibility index (Phi) is 3.41. The van der Waals surface area contributed by atoms with Gasteiger partial charge in [-0.3, -0.25) is 4.79 Å². The summed E-state index contributed by atoms with van der Waals surface area (Å²) in [5, 5.41) is 18.6. The molecule has 0 saturated heterocycles. The Morgan fingerprint density at radius 3 is 2.88 bits per heavy atom. The summed E-state index contributed by atoms with van der Waals surface area (Å²) in [5.74, 6) is 0.561. The third kappa shape index (κ3) is 2.64. The number of H-pyrrole nitrogens is 1. The van der Waals surface area contributed by atoms with Crippen molar-refractivity contribution < 1.29 is 14.9 Å². The zero-order valence-corrected chi connectivity index (χ0v) is 9.09. The molecule has 90 valence electrons. The van der Waals surface area contributed by atoms with E-state index in [1.807, 2.05) is 0 Å². The van der Waals surface area contributed by atoms with Crippen molar-refractivity contribution in [1.29, 1.82) is 0 Å². The summed E-state index contributed by atoms with van der Waals surface area (Å²) < 4.78 is 5.38. The first-order valence-corrected chi connectivity index (χ1v) is 5.24. The molecule has 1 unspecified atom stereocenters. The molecule has 0 saturated carbocycles. The Labute approximate surface area is 97.3 Å². The number of nitrogens with one attached hydrogen (secondary N) is 1. The van der Waals surface area contributed by atoms with E-state index in [2.05, 4.69) is 4.98 Å². The fourth-order valence-corrected chi connectivity index (χ4v) is 1.52. The largest absolute Gasteiger partial charge is 0.490 e. The number of benzene rings is 1. The van der Waals surface area contributed by atoms with Crippen LogP contribution in [0.4, 0.5) is 0 Å². The normalized spacial score (nSPS) is 12.6. The summed E-state index contributed by atoms with van der Waals surface area (Å²) in [6.07, 6.45) is -0.909. The van der Waals surface area contributed by atoms with Crippen LogP contribution in [-0.2, 0) is 0 Å². The number of pyridine rings is 1. The van der Waals surface area contributed by atoms with E-state index in [4.69, 9.17) is 9.84 Å². The molecule has 0 radical (unpaired) electrons. The molecule has 0 spiro atoms. The molecule has 3 N–H and O–H groups in total. The molecule has 1 heterocycles. The van der Waals surface area contributed by atoms with Crippen molar-refractivity contribution in [2.75, 3.05) is 13.2 Å². The summed E-state index contributed by atoms with van der Waals surface area (Å²) in [4.78, 5) is 13.8. The van der Waals surface area contributed by atoms with Gasteiger partial charge in [0, 0.05) is 11.5 Å². The average molecular weight is 235 g/mol. The number of aromatic nitrogens is 1. The van der Waals surface area contributed by atoms with E-state index in [0.29, 0.717) is 11.3 Å². The molecule has 5 nitrogen and oxygen atoms in total. The Morgan fingerprint density at radius 1 is 1.29 bits per heavy atom. The van der Waals surface area contributed by atoms with Gasteiger partial charge in [0.05, 0.1) is 12.1 Å². The van der Waals surface area contributed by atoms with Crippen molar-refractivity contribution in [3.63, 3.8) is 0 Å². The van der Waals surface area contributed by atoms with Gasteiger partial charge in [0.25, 0.3) is 0 Å². The summed E-state index contributed by atoms with van der Waals surface area (Å²) in [6.45, 7) is -0.337. The Hall–Kier alpha value is -1.85. The third-order valence-corrected chi connectivity index (χ3v) is 2.37. The maximum absolute atomic E-state index is 11.1. The lowest BCUT2D eigenvalue weighted by atomic mass is 10.2. The van der Waals surface area contributed by atoms with Crippen LogP contribution in [0.5, 0.6) is 5.75 Å². The van der Waals surface area contributed by atoms with Crippen LogP contribution in [0.3, 0.4) is 0 Å². The lowest BCUT2D eigenvalue weighted by molar-refractivity contribution is 0.0541. The first-order valence-electron chi connectivity index (χ1n) is 5.24. The fourth-order valence-electron chi connectivity index (χ4n) is 1.52. The number of rotatable bonds is 4. The molecule has 1 atom stereocenters. The molecule has 0 aliphatic rings. The number of aliphatic hydroxyl groups excluding tert-OH is 2. The van der Waals surface area contributed by atoms with Gasteiger partial charge in [0.15, 0.2) is 0 Å². The molecule has 0 aliphatic heterocycles. The lowest BCUT2D eigenvalue weighted by Gasteiger charge is -2.11. The molecular formula is C12H13NO4. The van der Waals surface area contributed by atoms with Gasteiger partial charge in [-0.15, -0.1) is 0 Å². The number of ether oxygens (including phenoxy) is 1. The van der Waals surface area contributed by atoms with Crippen molar-refractivity contribution in [3.8, 4) is 5.75 Å². The van der Waals surface area contributed by atoms with Crippen LogP contribution < -0.4 is 10.3 Å². The Bertz CT molecular complexity index is 564. The van der Waals surface area contributed by atoms with Gasteiger partial charge in [-0.25, -0.2) is 0 Å². The van der Waals surface area contributed by atoms with Gasteiger partial charge in [-0.2, -0.15) is 0 Å². The number of aromatic amines is 1. The topological polar surface area (TPSA) is 82.6 Å². The minimum absolute atomic E-state index is 0.00867. The smallest absolute Gasteiger partial charge is 0.248 e. The van der Waals surface area contributed by atoms with Crippen molar-refractivity contribution >= 4 is 10.9 Å². The molecule has 0 fully saturated rings. The van der Waals surface area contributed by atoms with Crippen molar-refractivity contribution in [3.05, 3.63) is 40.7 Å². The number of fused-ring (bicyclic) bond motifs is 1. The van der Waals surface area contributed by atoms with E-state index in [9.17, 15) is 9.90 Å². The highest BCUT2D eigenvalue weighted by Gasteiger charge is 2.06. The quantitative estimate of drug-likeness (QED) is 0.710. The zero-order chi connectivity index (χ0) is 12.3. The predicted molar refractivity (Wildman–Crippen MR) is 63.2 cm³/mol. The van der Waals surface area contributed by atoms with Crippen LogP contribution in [-0.4, -0.2) is 34.5 Å². The van der Waals surface area contributed by atoms with Crippen molar-refractivity contribution in [2.24, 2.45) is 0 Å². The van der Waals surface area contributed by atoms with Gasteiger partial charge < -0.3 is 19.9 Å². The summed E-state index contributed by atoms with van der Waals surface area (Å²) in [6, 6.07) is 8.34. The van der Waals surface area contributed by atoms with E-state index >= 15 is 0 Å². The molecule has 1 aromatic carbocycles. The highest BCUT2D eigenvalue weighted by atomic mass is 16.5. The maximum atomic E-state index is 11.1. The molecule has 2 aromatic rings. The van der Waals surface area contributed by atoms with E-state index < -0.39 is 6.10 Å². The summed E-state index contributed by atoms with van der Waals surface area (Å²) in [5.41, 5.74) is 0.499. The molecular weight excluding hydrogens is 222 g/mol. The van der Waals surface area contributed by atoms with Crippen molar-refractivity contribution in [2.45, 2.75) is 6.10 Å². The van der Waals surface area contributed by atoms with Gasteiger partial charge >= 0.3 is 0 Å². The van der Waals surface area contributed by atoms with Crippen LogP contribution in [0, 0.1) is 0 Å². The van der Waals surface area contributed by atoms with Crippen LogP contribution >= 0.6 is 0 Å². The summed E-state index contributed by atoms with van der Waals surface area (Å²) >= 11 is 0. The molecule has 2 rings (SSSR count). The maximum Gasteiger partial charge on any atom is 0.248 e. The highest BCUT2D eigenvalue weighted by molar-refractivity contribution is 5.84. The third-order valence-electron chi connectivity index (χ3n) is 2.37. The Balaban J connectivity index is 2.31. The minimum atomic E-state index is -0.909. The second-order valence-electron chi connectivity index (χ2n) is 3.69. The molecule has 0 amide bonds. The minimum Gasteiger partial charge on any atom is -0.490 e. The highest BCUT2D eigenvalue weighted by Crippen LogP contribution is 2.22. The zero-order valence-electron chi connectivity index (χ0n) is 9.09. The number of hydrogen-bond donors (Lipinski definition) is 3. The van der Waals surface area contributed by atoms with E-state index in [1.165, 1.54) is 6.07 Å². The van der Waals surface area contributed by atoms with E-state index in [-0.39, 0.29) is 18.8 Å². The van der Waals surface area contributed by atoms with E-state index in [0.717, 1.165) is 5.39 Å². The second-order valence-corrected chi connectivity index (χ2v) is 3.69. The van der Waals surface area contributed by atoms with Gasteiger partial charge in [-0.05, 0) is 18.2 Å². The number of aliphatic hydroxyl groups is 2. The molecule has 0 bridgehead atoms. The van der Waals surface area contributed by atoms with Gasteiger partial charge in [0.2, 0.25) is 5.56 Å². The molecule has 5 heteroatoms. The number of hydrogen-bond acceptors (Lipinski definition) is 4. The van der Waals surface area contributed by atoms with Crippen LogP contribution in [0.2, 0.25) is 0 Å². The second kappa shape index (κ2) is 4.99. The predicted octanol–water partition coefficient (Wildman–Crippen LogP) is 0.260. The lowest BCUT2D eigenvalue weighted by Crippen LogP contribution is -2.21. The Morgan fingerprint density at radius 2 is 2.12 bits per heavy atom. The first kappa shape index (κ1) is 11.6. The molecule has 1 aromatic heterocycles. The fraction of sp³-hybridized carbons (Fsp3) is 0.250.